The summed E-state index contributed by atoms with van der Waals surface area (Å²) < 4.78 is 10.6. The number of aliphatic hydroxyl groups excluding tert-OH is 1. The Morgan fingerprint density at radius 3 is 2.76 bits per heavy atom. The van der Waals surface area contributed by atoms with Gasteiger partial charge in [0.2, 0.25) is 0 Å². The molecule has 1 aromatic carbocycles. The molecule has 0 radical (unpaired) electrons. The molecule has 0 bridgehead atoms. The zero-order valence-corrected chi connectivity index (χ0v) is 13.3. The fraction of sp³-hybridized carbons (Fsp3) is 0.647. The van der Waals surface area contributed by atoms with Crippen LogP contribution in [0.15, 0.2) is 18.2 Å². The summed E-state index contributed by atoms with van der Waals surface area (Å²) in [5.41, 5.74) is 2.31. The fourth-order valence-corrected chi connectivity index (χ4v) is 3.03. The topological polar surface area (TPSA) is 50.7 Å². The Morgan fingerprint density at radius 2 is 2.14 bits per heavy atom. The van der Waals surface area contributed by atoms with Crippen molar-refractivity contribution in [2.75, 3.05) is 20.8 Å². The Kier molecular flexibility index (Phi) is 6.03. The number of hydrogen-bond donors (Lipinski definition) is 2. The van der Waals surface area contributed by atoms with Gasteiger partial charge in [-0.3, -0.25) is 0 Å². The van der Waals surface area contributed by atoms with Gasteiger partial charge in [-0.05, 0) is 56.3 Å². The van der Waals surface area contributed by atoms with Crippen LogP contribution in [0, 0.1) is 5.92 Å². The van der Waals surface area contributed by atoms with E-state index in [4.69, 9.17) is 9.47 Å². The average molecular weight is 293 g/mol. The van der Waals surface area contributed by atoms with Gasteiger partial charge in [0, 0.05) is 18.7 Å². The molecule has 4 heteroatoms. The Balaban J connectivity index is 1.95. The molecule has 0 spiro atoms. The molecule has 118 valence electrons. The molecule has 21 heavy (non-hydrogen) atoms. The largest absolute Gasteiger partial charge is 0.496 e. The third-order valence-electron chi connectivity index (χ3n) is 4.33. The van der Waals surface area contributed by atoms with Crippen molar-refractivity contribution in [2.45, 2.75) is 44.9 Å². The monoisotopic (exact) mass is 293 g/mol. The van der Waals surface area contributed by atoms with Crippen molar-refractivity contribution in [1.29, 1.82) is 0 Å². The van der Waals surface area contributed by atoms with E-state index in [0.29, 0.717) is 12.5 Å². The molecule has 1 aliphatic carbocycles. The molecule has 0 aliphatic heterocycles. The van der Waals surface area contributed by atoms with Gasteiger partial charge in [0.05, 0.1) is 19.8 Å². The predicted molar refractivity (Wildman–Crippen MR) is 83.5 cm³/mol. The van der Waals surface area contributed by atoms with Crippen LogP contribution < -0.4 is 10.1 Å². The lowest BCUT2D eigenvalue weighted by Crippen LogP contribution is -2.25. The summed E-state index contributed by atoms with van der Waals surface area (Å²) in [7, 11) is 3.38. The van der Waals surface area contributed by atoms with E-state index in [9.17, 15) is 5.11 Å². The summed E-state index contributed by atoms with van der Waals surface area (Å²) in [4.78, 5) is 0. The molecular formula is C17H27NO3. The van der Waals surface area contributed by atoms with Gasteiger partial charge in [0.1, 0.15) is 5.75 Å². The van der Waals surface area contributed by atoms with E-state index < -0.39 is 0 Å². The smallest absolute Gasteiger partial charge is 0.124 e. The highest BCUT2D eigenvalue weighted by Gasteiger charge is 2.23. The quantitative estimate of drug-likeness (QED) is 0.811. The highest BCUT2D eigenvalue weighted by Crippen LogP contribution is 2.27. The molecule has 3 unspecified atom stereocenters. The molecular weight excluding hydrogens is 266 g/mol. The molecule has 0 amide bonds. The van der Waals surface area contributed by atoms with Crippen LogP contribution in [-0.2, 0) is 11.3 Å². The second-order valence-corrected chi connectivity index (χ2v) is 5.97. The maximum absolute atomic E-state index is 9.58. The average Bonchev–Trinajstić information content (AvgIpc) is 2.90. The number of hydrogen-bond acceptors (Lipinski definition) is 4. The molecule has 1 aromatic rings. The SMILES string of the molecule is COCc1cc(C(C)NCC2CCC(O)C2)ccc1OC. The number of ether oxygens (including phenoxy) is 2. The van der Waals surface area contributed by atoms with Crippen LogP contribution in [0.1, 0.15) is 43.4 Å². The molecule has 4 nitrogen and oxygen atoms in total. The van der Waals surface area contributed by atoms with Gasteiger partial charge in [0.25, 0.3) is 0 Å². The molecule has 3 atom stereocenters. The zero-order valence-electron chi connectivity index (χ0n) is 13.3. The number of rotatable bonds is 7. The van der Waals surface area contributed by atoms with Crippen molar-refractivity contribution in [3.8, 4) is 5.75 Å². The van der Waals surface area contributed by atoms with Gasteiger partial charge < -0.3 is 19.9 Å². The van der Waals surface area contributed by atoms with Crippen molar-refractivity contribution in [1.82, 2.24) is 5.32 Å². The predicted octanol–water partition coefficient (Wildman–Crippen LogP) is 2.65. The number of methoxy groups -OCH3 is 2. The van der Waals surface area contributed by atoms with Gasteiger partial charge in [-0.25, -0.2) is 0 Å². The lowest BCUT2D eigenvalue weighted by Gasteiger charge is -2.19. The summed E-state index contributed by atoms with van der Waals surface area (Å²) in [6.45, 7) is 3.69. The summed E-state index contributed by atoms with van der Waals surface area (Å²) >= 11 is 0. The highest BCUT2D eigenvalue weighted by molar-refractivity contribution is 5.38. The van der Waals surface area contributed by atoms with E-state index in [1.165, 1.54) is 5.56 Å². The van der Waals surface area contributed by atoms with Crippen molar-refractivity contribution in [2.24, 2.45) is 5.92 Å². The lowest BCUT2D eigenvalue weighted by molar-refractivity contribution is 0.177. The standard InChI is InChI=1S/C17H27NO3/c1-12(18-10-13-4-6-16(19)8-13)14-5-7-17(21-3)15(9-14)11-20-2/h5,7,9,12-13,16,18-19H,4,6,8,10-11H2,1-3H3. The van der Waals surface area contributed by atoms with E-state index in [2.05, 4.69) is 24.4 Å². The third-order valence-corrected chi connectivity index (χ3v) is 4.33. The Labute approximate surface area is 127 Å². The second kappa shape index (κ2) is 7.78. The molecule has 2 N–H and O–H groups in total. The summed E-state index contributed by atoms with van der Waals surface area (Å²) in [5.74, 6) is 1.46. The number of benzene rings is 1. The molecule has 0 heterocycles. The maximum Gasteiger partial charge on any atom is 0.124 e. The molecule has 1 aliphatic rings. The summed E-state index contributed by atoms with van der Waals surface area (Å²) in [6.07, 6.45) is 2.90. The van der Waals surface area contributed by atoms with Crippen molar-refractivity contribution in [3.05, 3.63) is 29.3 Å². The van der Waals surface area contributed by atoms with E-state index in [-0.39, 0.29) is 12.1 Å². The minimum absolute atomic E-state index is 0.0959. The maximum atomic E-state index is 9.58. The first-order chi connectivity index (χ1) is 10.1. The molecule has 2 rings (SSSR count). The normalized spacial score (nSPS) is 23.2. The van der Waals surface area contributed by atoms with Crippen LogP contribution in [0.3, 0.4) is 0 Å². The zero-order chi connectivity index (χ0) is 15.2. The summed E-state index contributed by atoms with van der Waals surface area (Å²) in [5, 5.41) is 13.2. The van der Waals surface area contributed by atoms with Gasteiger partial charge in [0.15, 0.2) is 0 Å². The van der Waals surface area contributed by atoms with Crippen LogP contribution in [-0.4, -0.2) is 32.0 Å². The second-order valence-electron chi connectivity index (χ2n) is 5.97. The van der Waals surface area contributed by atoms with E-state index in [0.717, 1.165) is 37.1 Å². The van der Waals surface area contributed by atoms with Gasteiger partial charge >= 0.3 is 0 Å². The number of nitrogens with one attached hydrogen (secondary N) is 1. The fourth-order valence-electron chi connectivity index (χ4n) is 3.03. The van der Waals surface area contributed by atoms with Gasteiger partial charge in [-0.15, -0.1) is 0 Å². The van der Waals surface area contributed by atoms with Crippen LogP contribution in [0.5, 0.6) is 5.75 Å². The van der Waals surface area contributed by atoms with E-state index >= 15 is 0 Å². The van der Waals surface area contributed by atoms with Crippen LogP contribution >= 0.6 is 0 Å². The minimum Gasteiger partial charge on any atom is -0.496 e. The van der Waals surface area contributed by atoms with Crippen LogP contribution in [0.25, 0.3) is 0 Å². The van der Waals surface area contributed by atoms with E-state index in [1.54, 1.807) is 14.2 Å². The minimum atomic E-state index is -0.0959. The highest BCUT2D eigenvalue weighted by atomic mass is 16.5. The van der Waals surface area contributed by atoms with Crippen LogP contribution in [0.4, 0.5) is 0 Å². The molecule has 0 saturated heterocycles. The first kappa shape index (κ1) is 16.3. The van der Waals surface area contributed by atoms with Crippen molar-refractivity contribution >= 4 is 0 Å². The first-order valence-electron chi connectivity index (χ1n) is 7.71. The first-order valence-corrected chi connectivity index (χ1v) is 7.71. The van der Waals surface area contributed by atoms with Crippen molar-refractivity contribution < 1.29 is 14.6 Å². The lowest BCUT2D eigenvalue weighted by atomic mass is 10.0. The Morgan fingerprint density at radius 1 is 1.33 bits per heavy atom. The Bertz CT molecular complexity index is 450. The van der Waals surface area contributed by atoms with Gasteiger partial charge in [-0.1, -0.05) is 6.07 Å². The molecule has 1 saturated carbocycles. The van der Waals surface area contributed by atoms with Gasteiger partial charge in [-0.2, -0.15) is 0 Å². The third kappa shape index (κ3) is 4.43. The van der Waals surface area contributed by atoms with Crippen LogP contribution in [0.2, 0.25) is 0 Å². The number of aliphatic hydroxyl groups is 1. The molecule has 1 fully saturated rings. The Hall–Kier alpha value is -1.10. The van der Waals surface area contributed by atoms with Crippen molar-refractivity contribution in [3.63, 3.8) is 0 Å². The van der Waals surface area contributed by atoms with E-state index in [1.807, 2.05) is 6.07 Å². The molecule has 0 aromatic heterocycles. The summed E-state index contributed by atoms with van der Waals surface area (Å²) in [6, 6.07) is 6.52.